The number of aromatic nitrogens is 4. The normalized spacial score (nSPS) is 10.8. The van der Waals surface area contributed by atoms with Gasteiger partial charge in [0.15, 0.2) is 0 Å². The highest BCUT2D eigenvalue weighted by molar-refractivity contribution is 6.03. The van der Waals surface area contributed by atoms with Gasteiger partial charge in [0.2, 0.25) is 0 Å². The zero-order chi connectivity index (χ0) is 15.0. The minimum absolute atomic E-state index is 0.236. The summed E-state index contributed by atoms with van der Waals surface area (Å²) >= 11 is 0. The number of aryl methyl sites for hydroxylation is 3. The Hall–Kier alpha value is -2.76. The van der Waals surface area contributed by atoms with Crippen LogP contribution in [0.25, 0.3) is 5.78 Å². The van der Waals surface area contributed by atoms with Crippen molar-refractivity contribution in [2.45, 2.75) is 20.8 Å². The topological polar surface area (TPSA) is 72.2 Å². The lowest BCUT2D eigenvalue weighted by Crippen LogP contribution is -2.13. The number of rotatable bonds is 2. The lowest BCUT2D eigenvalue weighted by atomic mass is 10.1. The van der Waals surface area contributed by atoms with Gasteiger partial charge in [-0.3, -0.25) is 10.1 Å². The Morgan fingerprint density at radius 1 is 1.10 bits per heavy atom. The molecule has 3 rings (SSSR count). The van der Waals surface area contributed by atoms with Crippen molar-refractivity contribution in [2.24, 2.45) is 0 Å². The van der Waals surface area contributed by atoms with E-state index in [9.17, 15) is 4.79 Å². The molecule has 0 unspecified atom stereocenters. The number of hydrogen-bond acceptors (Lipinski definition) is 4. The van der Waals surface area contributed by atoms with E-state index in [1.165, 1.54) is 0 Å². The van der Waals surface area contributed by atoms with Gasteiger partial charge in [0.05, 0.1) is 0 Å². The van der Waals surface area contributed by atoms with Crippen molar-refractivity contribution < 1.29 is 4.79 Å². The number of benzene rings is 1. The summed E-state index contributed by atoms with van der Waals surface area (Å²) < 4.78 is 1.61. The summed E-state index contributed by atoms with van der Waals surface area (Å²) in [5.41, 5.74) is 3.46. The van der Waals surface area contributed by atoms with E-state index in [0.29, 0.717) is 11.3 Å². The summed E-state index contributed by atoms with van der Waals surface area (Å²) in [7, 11) is 0. The standard InChI is InChI=1S/C15H15N5O/c1-9-4-6-12(7-5-9)13(21)17-14-18-15-16-10(2)8-11(3)20(15)19-14/h4-8H,1-3H3,(H,17,19,21). The van der Waals surface area contributed by atoms with Crippen LogP contribution in [-0.2, 0) is 0 Å². The molecular formula is C15H15N5O. The Balaban J connectivity index is 1.89. The average Bonchev–Trinajstić information content (AvgIpc) is 2.82. The van der Waals surface area contributed by atoms with Crippen molar-refractivity contribution >= 4 is 17.6 Å². The molecule has 106 valence electrons. The molecule has 0 saturated carbocycles. The average molecular weight is 281 g/mol. The molecule has 0 fully saturated rings. The van der Waals surface area contributed by atoms with E-state index >= 15 is 0 Å². The third-order valence-corrected chi connectivity index (χ3v) is 3.16. The molecule has 0 saturated heterocycles. The fraction of sp³-hybridized carbons (Fsp3) is 0.200. The largest absolute Gasteiger partial charge is 0.289 e. The summed E-state index contributed by atoms with van der Waals surface area (Å²) in [5, 5.41) is 6.94. The molecule has 0 atom stereocenters. The number of nitrogens with zero attached hydrogens (tertiary/aromatic N) is 4. The summed E-state index contributed by atoms with van der Waals surface area (Å²) in [6.45, 7) is 5.79. The molecule has 6 heteroatoms. The number of amides is 1. The first-order valence-electron chi connectivity index (χ1n) is 6.62. The second-order valence-electron chi connectivity index (χ2n) is 5.01. The van der Waals surface area contributed by atoms with Gasteiger partial charge in [0.25, 0.3) is 17.6 Å². The third-order valence-electron chi connectivity index (χ3n) is 3.16. The number of nitrogens with one attached hydrogen (secondary N) is 1. The van der Waals surface area contributed by atoms with Crippen LogP contribution >= 0.6 is 0 Å². The Kier molecular flexibility index (Phi) is 3.13. The van der Waals surface area contributed by atoms with Gasteiger partial charge in [-0.2, -0.15) is 9.50 Å². The van der Waals surface area contributed by atoms with Crippen LogP contribution in [0.1, 0.15) is 27.3 Å². The molecule has 3 aromatic rings. The predicted octanol–water partition coefficient (Wildman–Crippen LogP) is 2.30. The SMILES string of the molecule is Cc1ccc(C(=O)Nc2nc3nc(C)cc(C)n3n2)cc1. The van der Waals surface area contributed by atoms with E-state index in [1.54, 1.807) is 16.6 Å². The Morgan fingerprint density at radius 3 is 2.52 bits per heavy atom. The highest BCUT2D eigenvalue weighted by atomic mass is 16.1. The monoisotopic (exact) mass is 281 g/mol. The molecule has 1 N–H and O–H groups in total. The van der Waals surface area contributed by atoms with Gasteiger partial charge >= 0.3 is 0 Å². The molecule has 2 aromatic heterocycles. The Labute approximate surface area is 121 Å². The molecule has 0 aliphatic carbocycles. The number of anilines is 1. The molecule has 2 heterocycles. The van der Waals surface area contributed by atoms with Crippen molar-refractivity contribution in [2.75, 3.05) is 5.32 Å². The van der Waals surface area contributed by atoms with Gasteiger partial charge in [-0.15, -0.1) is 5.10 Å². The summed E-state index contributed by atoms with van der Waals surface area (Å²) in [4.78, 5) is 20.6. The van der Waals surface area contributed by atoms with Crippen molar-refractivity contribution in [1.29, 1.82) is 0 Å². The van der Waals surface area contributed by atoms with Gasteiger partial charge in [-0.1, -0.05) is 17.7 Å². The molecule has 0 aliphatic rings. The van der Waals surface area contributed by atoms with Crippen LogP contribution in [0.2, 0.25) is 0 Å². The Morgan fingerprint density at radius 2 is 1.81 bits per heavy atom. The number of carbonyl (C=O) groups excluding carboxylic acids is 1. The van der Waals surface area contributed by atoms with Crippen LogP contribution in [0.15, 0.2) is 30.3 Å². The van der Waals surface area contributed by atoms with Crippen LogP contribution in [0.3, 0.4) is 0 Å². The maximum Gasteiger partial charge on any atom is 0.258 e. The van der Waals surface area contributed by atoms with Crippen LogP contribution in [-0.4, -0.2) is 25.5 Å². The Bertz CT molecular complexity index is 820. The van der Waals surface area contributed by atoms with Crippen molar-refractivity contribution in [3.8, 4) is 0 Å². The van der Waals surface area contributed by atoms with E-state index in [0.717, 1.165) is 17.0 Å². The molecule has 6 nitrogen and oxygen atoms in total. The van der Waals surface area contributed by atoms with Gasteiger partial charge in [-0.05, 0) is 39.0 Å². The first kappa shape index (κ1) is 13.2. The zero-order valence-corrected chi connectivity index (χ0v) is 12.1. The maximum absolute atomic E-state index is 12.1. The lowest BCUT2D eigenvalue weighted by molar-refractivity contribution is 0.102. The van der Waals surface area contributed by atoms with Crippen molar-refractivity contribution in [3.63, 3.8) is 0 Å². The minimum Gasteiger partial charge on any atom is -0.289 e. The smallest absolute Gasteiger partial charge is 0.258 e. The van der Waals surface area contributed by atoms with Gasteiger partial charge in [0.1, 0.15) is 0 Å². The number of hydrogen-bond donors (Lipinski definition) is 1. The van der Waals surface area contributed by atoms with Crippen LogP contribution in [0.5, 0.6) is 0 Å². The molecule has 0 radical (unpaired) electrons. The second-order valence-corrected chi connectivity index (χ2v) is 5.01. The van der Waals surface area contributed by atoms with Crippen LogP contribution < -0.4 is 5.32 Å². The lowest BCUT2D eigenvalue weighted by Gasteiger charge is -2.01. The molecule has 21 heavy (non-hydrogen) atoms. The quantitative estimate of drug-likeness (QED) is 0.782. The summed E-state index contributed by atoms with van der Waals surface area (Å²) in [6.07, 6.45) is 0. The van der Waals surface area contributed by atoms with Crippen molar-refractivity contribution in [1.82, 2.24) is 19.6 Å². The van der Waals surface area contributed by atoms with E-state index < -0.39 is 0 Å². The first-order chi connectivity index (χ1) is 10.0. The van der Waals surface area contributed by atoms with E-state index in [1.807, 2.05) is 39.0 Å². The van der Waals surface area contributed by atoms with E-state index in [4.69, 9.17) is 0 Å². The molecule has 0 aliphatic heterocycles. The molecule has 1 amide bonds. The van der Waals surface area contributed by atoms with E-state index in [-0.39, 0.29) is 11.9 Å². The number of carbonyl (C=O) groups is 1. The van der Waals surface area contributed by atoms with Crippen LogP contribution in [0.4, 0.5) is 5.95 Å². The highest BCUT2D eigenvalue weighted by Crippen LogP contribution is 2.10. The van der Waals surface area contributed by atoms with Gasteiger partial charge < -0.3 is 0 Å². The highest BCUT2D eigenvalue weighted by Gasteiger charge is 2.11. The molecule has 0 spiro atoms. The second kappa shape index (κ2) is 4.97. The molecule has 1 aromatic carbocycles. The fourth-order valence-corrected chi connectivity index (χ4v) is 2.10. The summed E-state index contributed by atoms with van der Waals surface area (Å²) in [6, 6.07) is 9.23. The minimum atomic E-state index is -0.236. The van der Waals surface area contributed by atoms with Gasteiger partial charge in [-0.25, -0.2) is 4.98 Å². The maximum atomic E-state index is 12.1. The number of fused-ring (bicyclic) bond motifs is 1. The van der Waals surface area contributed by atoms with Crippen molar-refractivity contribution in [3.05, 3.63) is 52.8 Å². The molecular weight excluding hydrogens is 266 g/mol. The fourth-order valence-electron chi connectivity index (χ4n) is 2.10. The summed E-state index contributed by atoms with van der Waals surface area (Å²) in [5.74, 6) is 0.494. The van der Waals surface area contributed by atoms with Gasteiger partial charge in [0, 0.05) is 17.0 Å². The zero-order valence-electron chi connectivity index (χ0n) is 12.1. The van der Waals surface area contributed by atoms with Crippen LogP contribution in [0, 0.1) is 20.8 Å². The predicted molar refractivity (Wildman–Crippen MR) is 79.4 cm³/mol. The molecule has 0 bridgehead atoms. The van der Waals surface area contributed by atoms with E-state index in [2.05, 4.69) is 20.4 Å². The third kappa shape index (κ3) is 2.60. The first-order valence-corrected chi connectivity index (χ1v) is 6.62.